The molecule has 1 aliphatic rings. The zero-order valence-corrected chi connectivity index (χ0v) is 17.8. The number of carbonyl (C=O) groups excluding carboxylic acids is 3. The lowest BCUT2D eigenvalue weighted by Gasteiger charge is -2.34. The van der Waals surface area contributed by atoms with Gasteiger partial charge in [-0.15, -0.1) is 0 Å². The number of rotatable bonds is 6. The Morgan fingerprint density at radius 1 is 1.00 bits per heavy atom. The van der Waals surface area contributed by atoms with Crippen molar-refractivity contribution in [2.45, 2.75) is 13.8 Å². The van der Waals surface area contributed by atoms with Crippen molar-refractivity contribution in [3.63, 3.8) is 0 Å². The molecule has 0 radical (unpaired) electrons. The van der Waals surface area contributed by atoms with Gasteiger partial charge < -0.3 is 20.1 Å². The van der Waals surface area contributed by atoms with Crippen molar-refractivity contribution < 1.29 is 24.2 Å². The highest BCUT2D eigenvalue weighted by Crippen LogP contribution is 2.19. The molecule has 0 unspecified atom stereocenters. The molecule has 0 aromatic heterocycles. The average molecular weight is 425 g/mol. The van der Waals surface area contributed by atoms with E-state index in [9.17, 15) is 19.5 Å². The van der Waals surface area contributed by atoms with Gasteiger partial charge in [0, 0.05) is 31.9 Å². The third-order valence-electron chi connectivity index (χ3n) is 5.25. The van der Waals surface area contributed by atoms with Crippen LogP contribution >= 0.6 is 0 Å². The normalized spacial score (nSPS) is 14.2. The summed E-state index contributed by atoms with van der Waals surface area (Å²) in [5.74, 6) is -1.07. The summed E-state index contributed by atoms with van der Waals surface area (Å²) in [6.45, 7) is 5.85. The second-order valence-electron chi connectivity index (χ2n) is 7.60. The number of amides is 2. The van der Waals surface area contributed by atoms with E-state index in [2.05, 4.69) is 5.32 Å². The highest BCUT2D eigenvalue weighted by atomic mass is 16.5. The first-order chi connectivity index (χ1) is 14.8. The Morgan fingerprint density at radius 3 is 2.29 bits per heavy atom. The smallest absolute Gasteiger partial charge is 0.338 e. The molecule has 0 bridgehead atoms. The van der Waals surface area contributed by atoms with Crippen LogP contribution in [0, 0.1) is 13.8 Å². The largest absolute Gasteiger partial charge is 0.508 e. The third-order valence-corrected chi connectivity index (χ3v) is 5.25. The molecule has 2 aromatic carbocycles. The average Bonchev–Trinajstić information content (AvgIpc) is 2.75. The Morgan fingerprint density at radius 2 is 1.65 bits per heavy atom. The third kappa shape index (κ3) is 6.05. The first-order valence-corrected chi connectivity index (χ1v) is 10.2. The monoisotopic (exact) mass is 425 g/mol. The maximum absolute atomic E-state index is 12.4. The molecule has 0 saturated carbocycles. The maximum Gasteiger partial charge on any atom is 0.338 e. The van der Waals surface area contributed by atoms with Crippen molar-refractivity contribution in [1.82, 2.24) is 9.80 Å². The van der Waals surface area contributed by atoms with Crippen LogP contribution in [0.5, 0.6) is 5.75 Å². The van der Waals surface area contributed by atoms with Gasteiger partial charge in [0.05, 0.1) is 12.1 Å². The van der Waals surface area contributed by atoms with Crippen LogP contribution in [0.2, 0.25) is 0 Å². The van der Waals surface area contributed by atoms with Crippen molar-refractivity contribution in [2.75, 3.05) is 44.6 Å². The van der Waals surface area contributed by atoms with E-state index in [0.29, 0.717) is 26.2 Å². The minimum absolute atomic E-state index is 0.0430. The van der Waals surface area contributed by atoms with E-state index in [4.69, 9.17) is 4.74 Å². The summed E-state index contributed by atoms with van der Waals surface area (Å²) in [5, 5.41) is 12.4. The summed E-state index contributed by atoms with van der Waals surface area (Å²) in [4.78, 5) is 40.4. The number of aromatic hydroxyl groups is 1. The van der Waals surface area contributed by atoms with E-state index in [-0.39, 0.29) is 36.3 Å². The van der Waals surface area contributed by atoms with Gasteiger partial charge in [-0.2, -0.15) is 0 Å². The number of ether oxygens (including phenoxy) is 1. The topological polar surface area (TPSA) is 99.2 Å². The molecule has 2 aromatic rings. The Bertz CT molecular complexity index is 947. The number of aryl methyl sites for hydroxylation is 2. The number of nitrogens with zero attached hydrogens (tertiary/aromatic N) is 2. The SMILES string of the molecule is Cc1cccc(C)c1NC(=O)CN1CCN(C(=O)COC(=O)c2cccc(O)c2)CC1. The Labute approximate surface area is 181 Å². The molecule has 8 heteroatoms. The number of phenolic OH excluding ortho intramolecular Hbond substituents is 1. The Hall–Kier alpha value is -3.39. The second kappa shape index (κ2) is 10.1. The van der Waals surface area contributed by atoms with Gasteiger partial charge in [0.2, 0.25) is 5.91 Å². The van der Waals surface area contributed by atoms with E-state index in [1.54, 1.807) is 4.90 Å². The van der Waals surface area contributed by atoms with Gasteiger partial charge in [0.25, 0.3) is 5.91 Å². The lowest BCUT2D eigenvalue weighted by atomic mass is 10.1. The first-order valence-electron chi connectivity index (χ1n) is 10.2. The van der Waals surface area contributed by atoms with E-state index in [1.165, 1.54) is 24.3 Å². The number of para-hydroxylation sites is 1. The molecule has 1 heterocycles. The molecule has 1 saturated heterocycles. The van der Waals surface area contributed by atoms with Crippen LogP contribution in [0.3, 0.4) is 0 Å². The van der Waals surface area contributed by atoms with Crippen molar-refractivity contribution >= 4 is 23.5 Å². The number of hydrogen-bond donors (Lipinski definition) is 2. The molecule has 164 valence electrons. The fourth-order valence-electron chi connectivity index (χ4n) is 3.48. The molecule has 1 fully saturated rings. The number of piperazine rings is 1. The van der Waals surface area contributed by atoms with Crippen LogP contribution in [0.4, 0.5) is 5.69 Å². The van der Waals surface area contributed by atoms with Gasteiger partial charge in [-0.25, -0.2) is 4.79 Å². The number of phenols is 1. The minimum atomic E-state index is -0.661. The number of anilines is 1. The van der Waals surface area contributed by atoms with Gasteiger partial charge in [-0.1, -0.05) is 24.3 Å². The summed E-state index contributed by atoms with van der Waals surface area (Å²) >= 11 is 0. The van der Waals surface area contributed by atoms with Gasteiger partial charge in [0.1, 0.15) is 5.75 Å². The van der Waals surface area contributed by atoms with Crippen LogP contribution in [0.1, 0.15) is 21.5 Å². The standard InChI is InChI=1S/C23H27N3O5/c1-16-5-3-6-17(2)22(16)24-20(28)14-25-9-11-26(12-10-25)21(29)15-31-23(30)18-7-4-8-19(27)13-18/h3-8,13,27H,9-12,14-15H2,1-2H3,(H,24,28). The van der Waals surface area contributed by atoms with Crippen LogP contribution < -0.4 is 5.32 Å². The molecule has 2 amide bonds. The fourth-order valence-corrected chi connectivity index (χ4v) is 3.48. The maximum atomic E-state index is 12.4. The predicted molar refractivity (Wildman–Crippen MR) is 116 cm³/mol. The molecule has 8 nitrogen and oxygen atoms in total. The van der Waals surface area contributed by atoms with Gasteiger partial charge in [-0.3, -0.25) is 14.5 Å². The highest BCUT2D eigenvalue weighted by molar-refractivity contribution is 5.94. The van der Waals surface area contributed by atoms with Crippen molar-refractivity contribution in [3.05, 3.63) is 59.2 Å². The zero-order chi connectivity index (χ0) is 22.4. The predicted octanol–water partition coefficient (Wildman–Crippen LogP) is 1.95. The van der Waals surface area contributed by atoms with Crippen LogP contribution in [0.15, 0.2) is 42.5 Å². The van der Waals surface area contributed by atoms with Crippen molar-refractivity contribution in [2.24, 2.45) is 0 Å². The molecule has 0 aliphatic carbocycles. The fraction of sp³-hybridized carbons (Fsp3) is 0.348. The summed E-state index contributed by atoms with van der Waals surface area (Å²) in [6.07, 6.45) is 0. The minimum Gasteiger partial charge on any atom is -0.508 e. The lowest BCUT2D eigenvalue weighted by Crippen LogP contribution is -2.51. The van der Waals surface area contributed by atoms with E-state index in [0.717, 1.165) is 16.8 Å². The first kappa shape index (κ1) is 22.3. The number of nitrogens with one attached hydrogen (secondary N) is 1. The number of benzene rings is 2. The second-order valence-corrected chi connectivity index (χ2v) is 7.60. The summed E-state index contributed by atoms with van der Waals surface area (Å²) in [5.41, 5.74) is 3.07. The summed E-state index contributed by atoms with van der Waals surface area (Å²) < 4.78 is 5.06. The van der Waals surface area contributed by atoms with E-state index >= 15 is 0 Å². The molecule has 31 heavy (non-hydrogen) atoms. The number of carbonyl (C=O) groups is 3. The van der Waals surface area contributed by atoms with Crippen molar-refractivity contribution in [1.29, 1.82) is 0 Å². The lowest BCUT2D eigenvalue weighted by molar-refractivity contribution is -0.136. The van der Waals surface area contributed by atoms with Gasteiger partial charge in [0.15, 0.2) is 6.61 Å². The molecular formula is C23H27N3O5. The van der Waals surface area contributed by atoms with Crippen molar-refractivity contribution in [3.8, 4) is 5.75 Å². The van der Waals surface area contributed by atoms with Gasteiger partial charge >= 0.3 is 5.97 Å². The summed E-state index contributed by atoms with van der Waals surface area (Å²) in [7, 11) is 0. The highest BCUT2D eigenvalue weighted by Gasteiger charge is 2.23. The van der Waals surface area contributed by atoms with Crippen LogP contribution in [-0.2, 0) is 14.3 Å². The van der Waals surface area contributed by atoms with E-state index in [1.807, 2.05) is 36.9 Å². The van der Waals surface area contributed by atoms with Gasteiger partial charge in [-0.05, 0) is 43.2 Å². The number of hydrogen-bond acceptors (Lipinski definition) is 6. The molecular weight excluding hydrogens is 398 g/mol. The van der Waals surface area contributed by atoms with Crippen LogP contribution in [0.25, 0.3) is 0 Å². The van der Waals surface area contributed by atoms with Crippen LogP contribution in [-0.4, -0.2) is 72.0 Å². The molecule has 0 spiro atoms. The molecule has 1 aliphatic heterocycles. The molecule has 0 atom stereocenters. The Kier molecular flexibility index (Phi) is 7.25. The van der Waals surface area contributed by atoms with E-state index < -0.39 is 5.97 Å². The number of esters is 1. The molecule has 2 N–H and O–H groups in total. The Balaban J connectivity index is 1.42. The molecule has 3 rings (SSSR count). The zero-order valence-electron chi connectivity index (χ0n) is 17.8. The quantitative estimate of drug-likeness (QED) is 0.687. The summed E-state index contributed by atoms with van der Waals surface area (Å²) in [6, 6.07) is 11.6.